The molecule has 6 nitrogen and oxygen atoms in total. The van der Waals surface area contributed by atoms with Gasteiger partial charge in [0, 0.05) is 51.3 Å². The molecular formula is C15H22N6S. The first kappa shape index (κ1) is 15.0. The van der Waals surface area contributed by atoms with Crippen LogP contribution in [0.3, 0.4) is 0 Å². The van der Waals surface area contributed by atoms with Crippen LogP contribution in [0.15, 0.2) is 12.3 Å². The van der Waals surface area contributed by atoms with Gasteiger partial charge >= 0.3 is 0 Å². The highest BCUT2D eigenvalue weighted by Gasteiger charge is 2.21. The van der Waals surface area contributed by atoms with Gasteiger partial charge in [0.05, 0.1) is 5.69 Å². The fourth-order valence-electron chi connectivity index (χ4n) is 2.43. The number of nitrogens with zero attached hydrogens (tertiary/aromatic N) is 6. The summed E-state index contributed by atoms with van der Waals surface area (Å²) < 4.78 is 0. The molecule has 3 rings (SSSR count). The van der Waals surface area contributed by atoms with Crippen molar-refractivity contribution in [2.75, 3.05) is 55.0 Å². The van der Waals surface area contributed by atoms with Gasteiger partial charge in [-0.2, -0.15) is 4.98 Å². The Hall–Kier alpha value is -1.89. The monoisotopic (exact) mass is 318 g/mol. The number of anilines is 3. The molecule has 22 heavy (non-hydrogen) atoms. The third-order valence-corrected chi connectivity index (χ3v) is 5.07. The Labute approximate surface area is 135 Å². The van der Waals surface area contributed by atoms with Gasteiger partial charge in [0.15, 0.2) is 5.13 Å². The summed E-state index contributed by atoms with van der Waals surface area (Å²) in [7, 11) is 3.99. The predicted molar refractivity (Wildman–Crippen MR) is 92.4 cm³/mol. The summed E-state index contributed by atoms with van der Waals surface area (Å²) in [4.78, 5) is 21.6. The summed E-state index contributed by atoms with van der Waals surface area (Å²) in [5.41, 5.74) is 1.14. The van der Waals surface area contributed by atoms with Crippen LogP contribution < -0.4 is 14.7 Å². The number of aromatic nitrogens is 3. The van der Waals surface area contributed by atoms with E-state index in [2.05, 4.69) is 38.6 Å². The molecule has 0 aromatic carbocycles. The third-order valence-electron chi connectivity index (χ3n) is 3.94. The lowest BCUT2D eigenvalue weighted by Crippen LogP contribution is -2.47. The van der Waals surface area contributed by atoms with Crippen molar-refractivity contribution < 1.29 is 0 Å². The molecule has 0 atom stereocenters. The summed E-state index contributed by atoms with van der Waals surface area (Å²) >= 11 is 1.78. The zero-order valence-corrected chi connectivity index (χ0v) is 14.4. The number of hydrogen-bond acceptors (Lipinski definition) is 7. The second kappa shape index (κ2) is 6.08. The minimum Gasteiger partial charge on any atom is -0.363 e. The molecule has 1 aliphatic rings. The molecule has 2 aromatic rings. The van der Waals surface area contributed by atoms with Crippen molar-refractivity contribution in [3.63, 3.8) is 0 Å². The Kier molecular flexibility index (Phi) is 4.15. The lowest BCUT2D eigenvalue weighted by Gasteiger charge is -2.34. The molecule has 0 spiro atoms. The first-order chi connectivity index (χ1) is 10.5. The summed E-state index contributed by atoms with van der Waals surface area (Å²) in [6.45, 7) is 7.98. The maximum Gasteiger partial charge on any atom is 0.227 e. The molecule has 1 saturated heterocycles. The van der Waals surface area contributed by atoms with Crippen LogP contribution in [0.5, 0.6) is 0 Å². The Balaban J connectivity index is 1.67. The molecule has 0 amide bonds. The average molecular weight is 318 g/mol. The van der Waals surface area contributed by atoms with E-state index in [0.29, 0.717) is 0 Å². The van der Waals surface area contributed by atoms with Crippen LogP contribution in [0.4, 0.5) is 16.9 Å². The molecule has 1 fully saturated rings. The lowest BCUT2D eigenvalue weighted by molar-refractivity contribution is 0.638. The fourth-order valence-corrected chi connectivity index (χ4v) is 3.39. The second-order valence-electron chi connectivity index (χ2n) is 5.72. The SMILES string of the molecule is Cc1nc(N2CCN(c3nccc(N(C)C)n3)CC2)sc1C. The molecule has 3 heterocycles. The lowest BCUT2D eigenvalue weighted by atomic mass is 10.3. The molecule has 0 aliphatic carbocycles. The van der Waals surface area contributed by atoms with Crippen LogP contribution in [0, 0.1) is 13.8 Å². The van der Waals surface area contributed by atoms with Crippen molar-refractivity contribution in [2.24, 2.45) is 0 Å². The van der Waals surface area contributed by atoms with Crippen LogP contribution in [0.25, 0.3) is 0 Å². The summed E-state index contributed by atoms with van der Waals surface area (Å²) in [5.74, 6) is 1.76. The molecule has 1 aliphatic heterocycles. The summed E-state index contributed by atoms with van der Waals surface area (Å²) in [6, 6.07) is 1.93. The van der Waals surface area contributed by atoms with Crippen molar-refractivity contribution in [1.82, 2.24) is 15.0 Å². The van der Waals surface area contributed by atoms with E-state index in [1.807, 2.05) is 31.3 Å². The van der Waals surface area contributed by atoms with Gasteiger partial charge in [-0.25, -0.2) is 9.97 Å². The molecule has 2 aromatic heterocycles. The van der Waals surface area contributed by atoms with Crippen LogP contribution in [0.2, 0.25) is 0 Å². The number of rotatable bonds is 3. The molecule has 0 unspecified atom stereocenters. The molecule has 118 valence electrons. The quantitative estimate of drug-likeness (QED) is 0.862. The zero-order valence-electron chi connectivity index (χ0n) is 13.6. The van der Waals surface area contributed by atoms with Gasteiger partial charge < -0.3 is 14.7 Å². The van der Waals surface area contributed by atoms with Crippen molar-refractivity contribution in [3.8, 4) is 0 Å². The van der Waals surface area contributed by atoms with Crippen LogP contribution in [-0.2, 0) is 0 Å². The number of aryl methyl sites for hydroxylation is 2. The van der Waals surface area contributed by atoms with Gasteiger partial charge in [-0.3, -0.25) is 0 Å². The highest BCUT2D eigenvalue weighted by Crippen LogP contribution is 2.26. The van der Waals surface area contributed by atoms with Crippen molar-refractivity contribution in [2.45, 2.75) is 13.8 Å². The van der Waals surface area contributed by atoms with Crippen LogP contribution >= 0.6 is 11.3 Å². The van der Waals surface area contributed by atoms with Crippen LogP contribution in [-0.4, -0.2) is 55.2 Å². The normalized spacial score (nSPS) is 15.3. The van der Waals surface area contributed by atoms with E-state index in [1.54, 1.807) is 11.3 Å². The summed E-state index contributed by atoms with van der Waals surface area (Å²) in [5, 5.41) is 1.14. The van der Waals surface area contributed by atoms with E-state index >= 15 is 0 Å². The Morgan fingerprint density at radius 1 is 1.05 bits per heavy atom. The highest BCUT2D eigenvalue weighted by atomic mass is 32.1. The fraction of sp³-hybridized carbons (Fsp3) is 0.533. The molecular weight excluding hydrogens is 296 g/mol. The topological polar surface area (TPSA) is 48.4 Å². The standard InChI is InChI=1S/C15H22N6S/c1-11-12(2)22-15(17-11)21-9-7-20(8-10-21)14-16-6-5-13(18-14)19(3)4/h5-6H,7-10H2,1-4H3. The van der Waals surface area contributed by atoms with Crippen molar-refractivity contribution in [1.29, 1.82) is 0 Å². The number of piperazine rings is 1. The van der Waals surface area contributed by atoms with E-state index < -0.39 is 0 Å². The zero-order chi connectivity index (χ0) is 15.7. The van der Waals surface area contributed by atoms with Crippen molar-refractivity contribution in [3.05, 3.63) is 22.8 Å². The van der Waals surface area contributed by atoms with Gasteiger partial charge in [-0.15, -0.1) is 11.3 Å². The summed E-state index contributed by atoms with van der Waals surface area (Å²) in [6.07, 6.45) is 1.83. The molecule has 0 radical (unpaired) electrons. The van der Waals surface area contributed by atoms with Gasteiger partial charge in [-0.05, 0) is 19.9 Å². The average Bonchev–Trinajstić information content (AvgIpc) is 2.87. The molecule has 0 saturated carbocycles. The largest absolute Gasteiger partial charge is 0.363 e. The van der Waals surface area contributed by atoms with E-state index in [0.717, 1.165) is 48.8 Å². The number of thiazole rings is 1. The first-order valence-electron chi connectivity index (χ1n) is 7.49. The Morgan fingerprint density at radius 3 is 2.32 bits per heavy atom. The van der Waals surface area contributed by atoms with Gasteiger partial charge in [0.25, 0.3) is 0 Å². The van der Waals surface area contributed by atoms with E-state index in [4.69, 9.17) is 0 Å². The van der Waals surface area contributed by atoms with Gasteiger partial charge in [0.1, 0.15) is 5.82 Å². The smallest absolute Gasteiger partial charge is 0.227 e. The molecule has 0 N–H and O–H groups in total. The Morgan fingerprint density at radius 2 is 1.73 bits per heavy atom. The molecule has 7 heteroatoms. The van der Waals surface area contributed by atoms with E-state index in [-0.39, 0.29) is 0 Å². The third kappa shape index (κ3) is 2.99. The van der Waals surface area contributed by atoms with E-state index in [1.165, 1.54) is 4.88 Å². The van der Waals surface area contributed by atoms with Crippen LogP contribution in [0.1, 0.15) is 10.6 Å². The highest BCUT2D eigenvalue weighted by molar-refractivity contribution is 7.15. The van der Waals surface area contributed by atoms with Gasteiger partial charge in [-0.1, -0.05) is 0 Å². The number of hydrogen-bond donors (Lipinski definition) is 0. The maximum atomic E-state index is 4.66. The van der Waals surface area contributed by atoms with Gasteiger partial charge in [0.2, 0.25) is 5.95 Å². The first-order valence-corrected chi connectivity index (χ1v) is 8.30. The maximum absolute atomic E-state index is 4.66. The van der Waals surface area contributed by atoms with Crippen molar-refractivity contribution >= 4 is 28.2 Å². The minimum atomic E-state index is 0.817. The second-order valence-corrected chi connectivity index (χ2v) is 6.90. The minimum absolute atomic E-state index is 0.817. The van der Waals surface area contributed by atoms with E-state index in [9.17, 15) is 0 Å². The Bertz CT molecular complexity index is 626. The molecule has 0 bridgehead atoms. The predicted octanol–water partition coefficient (Wildman–Crippen LogP) is 1.94.